The first-order valence-electron chi connectivity index (χ1n) is 12.0. The number of aromatic nitrogens is 4. The van der Waals surface area contributed by atoms with E-state index in [2.05, 4.69) is 20.1 Å². The van der Waals surface area contributed by atoms with E-state index in [0.29, 0.717) is 41.2 Å². The van der Waals surface area contributed by atoms with Crippen molar-refractivity contribution in [2.45, 2.75) is 18.1 Å². The van der Waals surface area contributed by atoms with E-state index in [1.54, 1.807) is 14.2 Å². The molecule has 10 heteroatoms. The Labute approximate surface area is 229 Å². The molecule has 1 N–H and O–H groups in total. The number of fused-ring (bicyclic) bond motifs is 3. The summed E-state index contributed by atoms with van der Waals surface area (Å²) >= 11 is 7.48. The van der Waals surface area contributed by atoms with Crippen molar-refractivity contribution in [1.29, 1.82) is 0 Å². The van der Waals surface area contributed by atoms with Crippen molar-refractivity contribution < 1.29 is 14.3 Å². The predicted octanol–water partition coefficient (Wildman–Crippen LogP) is 5.15. The van der Waals surface area contributed by atoms with Crippen LogP contribution in [0.1, 0.15) is 11.1 Å². The fourth-order valence-electron chi connectivity index (χ4n) is 4.29. The molecular formula is C28H26ClN5O3S. The number of methoxy groups -OCH3 is 2. The zero-order valence-electron chi connectivity index (χ0n) is 21.0. The lowest BCUT2D eigenvalue weighted by molar-refractivity contribution is -0.118. The van der Waals surface area contributed by atoms with Crippen LogP contribution in [0.4, 0.5) is 0 Å². The summed E-state index contributed by atoms with van der Waals surface area (Å²) in [5.74, 6) is 1.43. The largest absolute Gasteiger partial charge is 0.493 e. The van der Waals surface area contributed by atoms with E-state index < -0.39 is 0 Å². The standard InChI is InChI=1S/C28H26ClN5O3S/c1-36-23-11-10-18(15-24(23)37-2)12-13-30-25(35)17-38-28-31-27-26(32-33-28)21-8-3-4-9-22(21)34(27)16-19-6-5-7-20(29)14-19/h3-11,14-15H,12-13,16-17H2,1-2H3,(H,30,35). The fourth-order valence-corrected chi connectivity index (χ4v) is 5.12. The summed E-state index contributed by atoms with van der Waals surface area (Å²) in [7, 11) is 3.21. The second-order valence-corrected chi connectivity index (χ2v) is 9.96. The van der Waals surface area contributed by atoms with Gasteiger partial charge in [0.2, 0.25) is 11.1 Å². The highest BCUT2D eigenvalue weighted by Gasteiger charge is 2.16. The summed E-state index contributed by atoms with van der Waals surface area (Å²) in [5.41, 5.74) is 4.56. The van der Waals surface area contributed by atoms with Crippen molar-refractivity contribution in [3.8, 4) is 11.5 Å². The van der Waals surface area contributed by atoms with E-state index >= 15 is 0 Å². The van der Waals surface area contributed by atoms with E-state index in [9.17, 15) is 4.79 Å². The normalized spacial score (nSPS) is 11.1. The minimum absolute atomic E-state index is 0.0985. The molecule has 0 bridgehead atoms. The van der Waals surface area contributed by atoms with Crippen LogP contribution in [-0.4, -0.2) is 52.2 Å². The quantitative estimate of drug-likeness (QED) is 0.242. The maximum absolute atomic E-state index is 12.5. The van der Waals surface area contributed by atoms with Crippen LogP contribution in [0.2, 0.25) is 5.02 Å². The van der Waals surface area contributed by atoms with Crippen molar-refractivity contribution in [2.75, 3.05) is 26.5 Å². The van der Waals surface area contributed by atoms with E-state index in [-0.39, 0.29) is 11.7 Å². The van der Waals surface area contributed by atoms with Crippen LogP contribution in [-0.2, 0) is 17.8 Å². The molecule has 0 fully saturated rings. The number of benzene rings is 3. The average Bonchev–Trinajstić information content (AvgIpc) is 3.24. The van der Waals surface area contributed by atoms with Crippen LogP contribution >= 0.6 is 23.4 Å². The third-order valence-corrected chi connectivity index (χ3v) is 7.17. The van der Waals surface area contributed by atoms with Crippen molar-refractivity contribution in [1.82, 2.24) is 25.1 Å². The Bertz CT molecular complexity index is 1610. The molecule has 0 saturated heterocycles. The highest BCUT2D eigenvalue weighted by atomic mass is 35.5. The molecule has 0 unspecified atom stereocenters. The Morgan fingerprint density at radius 1 is 0.974 bits per heavy atom. The van der Waals surface area contributed by atoms with E-state index in [1.807, 2.05) is 66.7 Å². The molecule has 0 saturated carbocycles. The number of ether oxygens (including phenoxy) is 2. The number of carbonyl (C=O) groups excluding carboxylic acids is 1. The van der Waals surface area contributed by atoms with E-state index in [0.717, 1.165) is 33.2 Å². The zero-order valence-corrected chi connectivity index (χ0v) is 22.6. The van der Waals surface area contributed by atoms with Gasteiger partial charge >= 0.3 is 0 Å². The molecular weight excluding hydrogens is 522 g/mol. The van der Waals surface area contributed by atoms with Crippen LogP contribution in [0.25, 0.3) is 22.1 Å². The number of nitrogens with zero attached hydrogens (tertiary/aromatic N) is 4. The fraction of sp³-hybridized carbons (Fsp3) is 0.214. The molecule has 2 aromatic heterocycles. The molecule has 5 rings (SSSR count). The van der Waals surface area contributed by atoms with Gasteiger partial charge in [0.25, 0.3) is 0 Å². The van der Waals surface area contributed by atoms with E-state index in [1.165, 1.54) is 11.8 Å². The first-order chi connectivity index (χ1) is 18.6. The van der Waals surface area contributed by atoms with Gasteiger partial charge in [0.1, 0.15) is 5.52 Å². The average molecular weight is 548 g/mol. The SMILES string of the molecule is COc1ccc(CCNC(=O)CSc2nnc3c4ccccc4n(Cc4cccc(Cl)c4)c3n2)cc1OC. The molecule has 194 valence electrons. The third-order valence-electron chi connectivity index (χ3n) is 6.10. The maximum atomic E-state index is 12.5. The second-order valence-electron chi connectivity index (χ2n) is 8.58. The summed E-state index contributed by atoms with van der Waals surface area (Å²) in [6, 6.07) is 21.5. The second kappa shape index (κ2) is 11.7. The van der Waals surface area contributed by atoms with Crippen molar-refractivity contribution in [3.05, 3.63) is 82.9 Å². The molecule has 0 aliphatic rings. The molecule has 38 heavy (non-hydrogen) atoms. The van der Waals surface area contributed by atoms with Crippen molar-refractivity contribution in [2.24, 2.45) is 0 Å². The van der Waals surface area contributed by atoms with Gasteiger partial charge in [0, 0.05) is 23.5 Å². The Kier molecular flexibility index (Phi) is 7.95. The lowest BCUT2D eigenvalue weighted by Gasteiger charge is -2.10. The topological polar surface area (TPSA) is 91.2 Å². The number of hydrogen-bond acceptors (Lipinski definition) is 7. The van der Waals surface area contributed by atoms with Crippen LogP contribution < -0.4 is 14.8 Å². The molecule has 5 aromatic rings. The minimum atomic E-state index is -0.0985. The van der Waals surface area contributed by atoms with Gasteiger partial charge in [-0.15, -0.1) is 10.2 Å². The first-order valence-corrected chi connectivity index (χ1v) is 13.4. The molecule has 0 spiro atoms. The molecule has 0 aliphatic carbocycles. The van der Waals surface area contributed by atoms with Gasteiger partial charge in [-0.2, -0.15) is 0 Å². The highest BCUT2D eigenvalue weighted by Crippen LogP contribution is 2.29. The van der Waals surface area contributed by atoms with Gasteiger partial charge in [0.05, 0.1) is 25.5 Å². The predicted molar refractivity (Wildman–Crippen MR) is 150 cm³/mol. The number of carbonyl (C=O) groups is 1. The molecule has 1 amide bonds. The number of thioether (sulfide) groups is 1. The summed E-state index contributed by atoms with van der Waals surface area (Å²) in [6.45, 7) is 1.09. The summed E-state index contributed by atoms with van der Waals surface area (Å²) in [5, 5.41) is 13.8. The maximum Gasteiger partial charge on any atom is 0.230 e. The highest BCUT2D eigenvalue weighted by molar-refractivity contribution is 7.99. The zero-order chi connectivity index (χ0) is 26.5. The van der Waals surface area contributed by atoms with Crippen LogP contribution in [0, 0.1) is 0 Å². The monoisotopic (exact) mass is 547 g/mol. The van der Waals surface area contributed by atoms with Gasteiger partial charge in [-0.05, 0) is 47.9 Å². The van der Waals surface area contributed by atoms with Gasteiger partial charge in [0.15, 0.2) is 17.1 Å². The number of nitrogens with one attached hydrogen (secondary N) is 1. The Morgan fingerprint density at radius 2 is 1.82 bits per heavy atom. The van der Waals surface area contributed by atoms with Crippen molar-refractivity contribution >= 4 is 51.3 Å². The number of hydrogen-bond donors (Lipinski definition) is 1. The third kappa shape index (κ3) is 5.69. The van der Waals surface area contributed by atoms with Gasteiger partial charge in [-0.1, -0.05) is 59.8 Å². The smallest absolute Gasteiger partial charge is 0.230 e. The summed E-state index contributed by atoms with van der Waals surface area (Å²) < 4.78 is 12.7. The van der Waals surface area contributed by atoms with Crippen LogP contribution in [0.3, 0.4) is 0 Å². The van der Waals surface area contributed by atoms with Gasteiger partial charge in [-0.3, -0.25) is 4.79 Å². The summed E-state index contributed by atoms with van der Waals surface area (Å²) in [6.07, 6.45) is 0.671. The number of halogens is 1. The van der Waals surface area contributed by atoms with Gasteiger partial charge < -0.3 is 19.4 Å². The lowest BCUT2D eigenvalue weighted by atomic mass is 10.1. The lowest BCUT2D eigenvalue weighted by Crippen LogP contribution is -2.27. The summed E-state index contributed by atoms with van der Waals surface area (Å²) in [4.78, 5) is 17.3. The van der Waals surface area contributed by atoms with Gasteiger partial charge in [-0.25, -0.2) is 4.98 Å². The molecule has 2 heterocycles. The Hall–Kier alpha value is -3.82. The number of para-hydroxylation sites is 1. The van der Waals surface area contributed by atoms with Crippen LogP contribution in [0.15, 0.2) is 71.9 Å². The molecule has 0 radical (unpaired) electrons. The Morgan fingerprint density at radius 3 is 2.63 bits per heavy atom. The molecule has 0 aliphatic heterocycles. The van der Waals surface area contributed by atoms with Crippen LogP contribution in [0.5, 0.6) is 11.5 Å². The number of amides is 1. The van der Waals surface area contributed by atoms with Crippen molar-refractivity contribution in [3.63, 3.8) is 0 Å². The number of rotatable bonds is 10. The molecule has 8 nitrogen and oxygen atoms in total. The minimum Gasteiger partial charge on any atom is -0.493 e. The Balaban J connectivity index is 1.26. The van der Waals surface area contributed by atoms with E-state index in [4.69, 9.17) is 26.1 Å². The molecule has 3 aromatic carbocycles. The first kappa shape index (κ1) is 25.8. The molecule has 0 atom stereocenters.